The van der Waals surface area contributed by atoms with E-state index in [1.807, 2.05) is 24.3 Å². The zero-order valence-electron chi connectivity index (χ0n) is 13.5. The van der Waals surface area contributed by atoms with Crippen molar-refractivity contribution in [1.82, 2.24) is 9.97 Å². The molecule has 0 fully saturated rings. The van der Waals surface area contributed by atoms with E-state index in [0.29, 0.717) is 28.2 Å². The summed E-state index contributed by atoms with van der Waals surface area (Å²) in [7, 11) is 1.28. The Bertz CT molecular complexity index is 950. The van der Waals surface area contributed by atoms with Gasteiger partial charge >= 0.3 is 6.09 Å². The van der Waals surface area contributed by atoms with E-state index in [0.717, 1.165) is 10.0 Å². The van der Waals surface area contributed by atoms with E-state index in [1.54, 1.807) is 12.1 Å². The van der Waals surface area contributed by atoms with Crippen molar-refractivity contribution in [2.24, 2.45) is 0 Å². The quantitative estimate of drug-likeness (QED) is 0.613. The summed E-state index contributed by atoms with van der Waals surface area (Å²) in [6.45, 7) is 1.41. The second-order valence-corrected chi connectivity index (χ2v) is 6.22. The van der Waals surface area contributed by atoms with Crippen LogP contribution in [0.1, 0.15) is 6.92 Å². The molecular formula is C17H15BrN4O3. The highest BCUT2D eigenvalue weighted by Gasteiger charge is 2.13. The smallest absolute Gasteiger partial charge is 0.411 e. The summed E-state index contributed by atoms with van der Waals surface area (Å²) >= 11 is 3.40. The number of anilines is 2. The number of imidazole rings is 1. The highest BCUT2D eigenvalue weighted by molar-refractivity contribution is 9.10. The van der Waals surface area contributed by atoms with Crippen molar-refractivity contribution in [1.29, 1.82) is 0 Å². The van der Waals surface area contributed by atoms with E-state index in [4.69, 9.17) is 0 Å². The summed E-state index contributed by atoms with van der Waals surface area (Å²) in [5.74, 6) is 0.431. The number of amides is 2. The van der Waals surface area contributed by atoms with Gasteiger partial charge in [0, 0.05) is 22.6 Å². The maximum atomic E-state index is 11.5. The molecule has 3 rings (SSSR count). The summed E-state index contributed by atoms with van der Waals surface area (Å²) in [5, 5.41) is 5.32. The van der Waals surface area contributed by atoms with E-state index in [-0.39, 0.29) is 5.91 Å². The first-order chi connectivity index (χ1) is 12.0. The minimum atomic E-state index is -0.600. The third-order valence-electron chi connectivity index (χ3n) is 3.45. The number of halogens is 1. The molecule has 3 N–H and O–H groups in total. The number of nitrogens with zero attached hydrogens (tertiary/aromatic N) is 1. The fraction of sp³-hybridized carbons (Fsp3) is 0.118. The Kier molecular flexibility index (Phi) is 4.71. The molecule has 0 aliphatic heterocycles. The number of H-pyrrole nitrogens is 1. The Morgan fingerprint density at radius 2 is 1.88 bits per heavy atom. The fourth-order valence-electron chi connectivity index (χ4n) is 2.39. The maximum absolute atomic E-state index is 11.5. The number of aromatic amines is 1. The van der Waals surface area contributed by atoms with Crippen molar-refractivity contribution in [3.63, 3.8) is 0 Å². The third-order valence-corrected chi connectivity index (χ3v) is 3.98. The minimum Gasteiger partial charge on any atom is -0.453 e. The summed E-state index contributed by atoms with van der Waals surface area (Å²) in [6, 6.07) is 11.0. The number of carbonyl (C=O) groups excluding carboxylic acids is 2. The number of hydrogen-bond donors (Lipinski definition) is 3. The largest absolute Gasteiger partial charge is 0.453 e. The van der Waals surface area contributed by atoms with Crippen LogP contribution < -0.4 is 10.6 Å². The van der Waals surface area contributed by atoms with Crippen molar-refractivity contribution >= 4 is 50.3 Å². The number of nitrogens with one attached hydrogen (secondary N) is 3. The van der Waals surface area contributed by atoms with Crippen molar-refractivity contribution in [3.8, 4) is 11.4 Å². The standard InChI is InChI=1S/C17H15BrN4O3/c1-9(23)19-13-7-12(20-17(24)25-2)8-14-15(13)22-16(21-14)10-3-5-11(18)6-4-10/h3-8H,1-2H3,(H,19,23)(H,20,24)(H,21,22). The second kappa shape index (κ2) is 6.94. The summed E-state index contributed by atoms with van der Waals surface area (Å²) in [5.41, 5.74) is 3.17. The van der Waals surface area contributed by atoms with Gasteiger partial charge in [0.15, 0.2) is 0 Å². The van der Waals surface area contributed by atoms with Gasteiger partial charge in [0.05, 0.1) is 23.8 Å². The highest BCUT2D eigenvalue weighted by atomic mass is 79.9. The van der Waals surface area contributed by atoms with Crippen molar-refractivity contribution in [2.45, 2.75) is 6.92 Å². The van der Waals surface area contributed by atoms with Gasteiger partial charge in [0.1, 0.15) is 5.82 Å². The topological polar surface area (TPSA) is 96.1 Å². The molecule has 0 saturated heterocycles. The SMILES string of the molecule is COC(=O)Nc1cc(NC(C)=O)c2[nH]c(-c3ccc(Br)cc3)nc2c1. The van der Waals surface area contributed by atoms with Gasteiger partial charge < -0.3 is 15.0 Å². The van der Waals surface area contributed by atoms with Crippen LogP contribution in [0.3, 0.4) is 0 Å². The molecule has 25 heavy (non-hydrogen) atoms. The lowest BCUT2D eigenvalue weighted by Gasteiger charge is -2.08. The Morgan fingerprint density at radius 1 is 1.16 bits per heavy atom. The molecule has 8 heteroatoms. The molecule has 3 aromatic rings. The van der Waals surface area contributed by atoms with Crippen LogP contribution in [0.4, 0.5) is 16.2 Å². The number of benzene rings is 2. The van der Waals surface area contributed by atoms with Gasteiger partial charge in [-0.15, -0.1) is 0 Å². The highest BCUT2D eigenvalue weighted by Crippen LogP contribution is 2.30. The van der Waals surface area contributed by atoms with Crippen LogP contribution in [0.25, 0.3) is 22.4 Å². The van der Waals surface area contributed by atoms with Crippen LogP contribution in [-0.4, -0.2) is 29.1 Å². The van der Waals surface area contributed by atoms with Crippen LogP contribution in [0.2, 0.25) is 0 Å². The Morgan fingerprint density at radius 3 is 2.52 bits per heavy atom. The van der Waals surface area contributed by atoms with Crippen LogP contribution in [0.15, 0.2) is 40.9 Å². The predicted molar refractivity (Wildman–Crippen MR) is 99.6 cm³/mol. The van der Waals surface area contributed by atoms with Crippen LogP contribution in [0, 0.1) is 0 Å². The number of fused-ring (bicyclic) bond motifs is 1. The van der Waals surface area contributed by atoms with Crippen molar-refractivity contribution in [3.05, 3.63) is 40.9 Å². The third kappa shape index (κ3) is 3.80. The summed E-state index contributed by atoms with van der Waals surface area (Å²) in [6.07, 6.45) is -0.600. The van der Waals surface area contributed by atoms with Crippen molar-refractivity contribution < 1.29 is 14.3 Å². The average Bonchev–Trinajstić information content (AvgIpc) is 2.99. The number of methoxy groups -OCH3 is 1. The van der Waals surface area contributed by atoms with Crippen LogP contribution in [-0.2, 0) is 9.53 Å². The monoisotopic (exact) mass is 402 g/mol. The average molecular weight is 403 g/mol. The molecule has 2 amide bonds. The van der Waals surface area contributed by atoms with Gasteiger partial charge in [-0.2, -0.15) is 0 Å². The number of rotatable bonds is 3. The molecule has 7 nitrogen and oxygen atoms in total. The first-order valence-corrected chi connectivity index (χ1v) is 8.18. The zero-order valence-corrected chi connectivity index (χ0v) is 15.1. The van der Waals surface area contributed by atoms with Gasteiger partial charge in [-0.05, 0) is 24.3 Å². The first-order valence-electron chi connectivity index (χ1n) is 7.38. The van der Waals surface area contributed by atoms with Gasteiger partial charge in [0.25, 0.3) is 0 Å². The Hall–Kier alpha value is -2.87. The molecule has 0 atom stereocenters. The number of ether oxygens (including phenoxy) is 1. The van der Waals surface area contributed by atoms with Gasteiger partial charge in [0.2, 0.25) is 5.91 Å². The molecule has 0 saturated carbocycles. The molecule has 1 heterocycles. The normalized spacial score (nSPS) is 10.5. The Balaban J connectivity index is 2.10. The molecule has 0 bridgehead atoms. The molecule has 0 unspecified atom stereocenters. The van der Waals surface area contributed by atoms with Gasteiger partial charge in [-0.1, -0.05) is 28.1 Å². The lowest BCUT2D eigenvalue weighted by molar-refractivity contribution is -0.114. The molecular weight excluding hydrogens is 388 g/mol. The van der Waals surface area contributed by atoms with Crippen LogP contribution in [0.5, 0.6) is 0 Å². The summed E-state index contributed by atoms with van der Waals surface area (Å²) in [4.78, 5) is 30.7. The van der Waals surface area contributed by atoms with Gasteiger partial charge in [-0.25, -0.2) is 9.78 Å². The second-order valence-electron chi connectivity index (χ2n) is 5.31. The van der Waals surface area contributed by atoms with Crippen LogP contribution >= 0.6 is 15.9 Å². The molecule has 1 aromatic heterocycles. The first kappa shape index (κ1) is 17.0. The number of aromatic nitrogens is 2. The predicted octanol–water partition coefficient (Wildman–Crippen LogP) is 4.13. The molecule has 2 aromatic carbocycles. The minimum absolute atomic E-state index is 0.226. The van der Waals surface area contributed by atoms with E-state index >= 15 is 0 Å². The molecule has 0 aliphatic carbocycles. The Labute approximate surface area is 151 Å². The van der Waals surface area contributed by atoms with E-state index in [2.05, 4.69) is 41.3 Å². The van der Waals surface area contributed by atoms with E-state index in [9.17, 15) is 9.59 Å². The van der Waals surface area contributed by atoms with Gasteiger partial charge in [-0.3, -0.25) is 10.1 Å². The molecule has 128 valence electrons. The van der Waals surface area contributed by atoms with Crippen molar-refractivity contribution in [2.75, 3.05) is 17.7 Å². The molecule has 0 aliphatic rings. The van der Waals surface area contributed by atoms with E-state index < -0.39 is 6.09 Å². The zero-order chi connectivity index (χ0) is 18.0. The fourth-order valence-corrected chi connectivity index (χ4v) is 2.65. The molecule has 0 spiro atoms. The summed E-state index contributed by atoms with van der Waals surface area (Å²) < 4.78 is 5.57. The maximum Gasteiger partial charge on any atom is 0.411 e. The van der Waals surface area contributed by atoms with E-state index in [1.165, 1.54) is 14.0 Å². The number of hydrogen-bond acceptors (Lipinski definition) is 4. The lowest BCUT2D eigenvalue weighted by Crippen LogP contribution is -2.12. The molecule has 0 radical (unpaired) electrons. The number of carbonyl (C=O) groups is 2. The lowest BCUT2D eigenvalue weighted by atomic mass is 10.2.